The van der Waals surface area contributed by atoms with Gasteiger partial charge >= 0.3 is 6.03 Å². The van der Waals surface area contributed by atoms with Gasteiger partial charge in [0.1, 0.15) is 6.54 Å². The number of fused-ring (bicyclic) bond motifs is 1. The van der Waals surface area contributed by atoms with E-state index in [4.69, 9.17) is 0 Å². The third kappa shape index (κ3) is 3.15. The quantitative estimate of drug-likeness (QED) is 0.809. The Hall–Kier alpha value is -2.90. The number of urea groups is 1. The smallest absolute Gasteiger partial charge is 0.324 e. The van der Waals surface area contributed by atoms with Crippen LogP contribution in [0.1, 0.15) is 12.8 Å². The van der Waals surface area contributed by atoms with E-state index in [1.165, 1.54) is 9.80 Å². The zero-order chi connectivity index (χ0) is 16.4. The van der Waals surface area contributed by atoms with Gasteiger partial charge < -0.3 is 9.88 Å². The molecule has 0 radical (unpaired) electrons. The Labute approximate surface area is 132 Å². The number of carbonyl (C=O) groups is 3. The van der Waals surface area contributed by atoms with E-state index in [-0.39, 0.29) is 37.4 Å². The number of hydrogen-bond acceptors (Lipinski definition) is 4. The third-order valence-corrected chi connectivity index (χ3v) is 3.66. The van der Waals surface area contributed by atoms with Crippen molar-refractivity contribution >= 4 is 34.8 Å². The molecule has 0 spiro atoms. The molecule has 1 aromatic heterocycles. The van der Waals surface area contributed by atoms with Crippen LogP contribution in [-0.2, 0) is 9.59 Å². The molecule has 1 saturated heterocycles. The second-order valence-electron chi connectivity index (χ2n) is 5.44. The standard InChI is InChI=1S/C15H17N5O3/c1-19-9-13(22)20(15(19)23)8-4-7-12(21)18-14-16-10-5-2-3-6-11(10)17-14/h2-3,5-6H,4,7-9H2,1H3,(H2,16,17,18,21). The fraction of sp³-hybridized carbons (Fsp3) is 0.333. The van der Waals surface area contributed by atoms with Gasteiger partial charge in [-0.3, -0.25) is 19.8 Å². The molecule has 1 fully saturated rings. The summed E-state index contributed by atoms with van der Waals surface area (Å²) in [5, 5.41) is 2.68. The highest BCUT2D eigenvalue weighted by molar-refractivity contribution is 6.01. The van der Waals surface area contributed by atoms with Crippen molar-refractivity contribution in [3.05, 3.63) is 24.3 Å². The normalized spacial score (nSPS) is 14.8. The van der Waals surface area contributed by atoms with E-state index in [2.05, 4.69) is 15.3 Å². The molecule has 0 bridgehead atoms. The van der Waals surface area contributed by atoms with Gasteiger partial charge in [-0.2, -0.15) is 0 Å². The van der Waals surface area contributed by atoms with Crippen molar-refractivity contribution in [1.82, 2.24) is 19.8 Å². The van der Waals surface area contributed by atoms with Gasteiger partial charge in [-0.15, -0.1) is 0 Å². The summed E-state index contributed by atoms with van der Waals surface area (Å²) in [5.74, 6) is -0.0454. The van der Waals surface area contributed by atoms with E-state index >= 15 is 0 Å². The summed E-state index contributed by atoms with van der Waals surface area (Å²) in [7, 11) is 1.58. The van der Waals surface area contributed by atoms with Gasteiger partial charge in [0.2, 0.25) is 17.8 Å². The van der Waals surface area contributed by atoms with Crippen LogP contribution in [-0.4, -0.2) is 57.8 Å². The number of carbonyl (C=O) groups excluding carboxylic acids is 3. The van der Waals surface area contributed by atoms with Crippen molar-refractivity contribution in [2.45, 2.75) is 12.8 Å². The molecule has 0 atom stereocenters. The number of imide groups is 1. The van der Waals surface area contributed by atoms with E-state index < -0.39 is 0 Å². The molecule has 23 heavy (non-hydrogen) atoms. The molecule has 1 aliphatic rings. The van der Waals surface area contributed by atoms with Gasteiger partial charge in [0.15, 0.2) is 0 Å². The van der Waals surface area contributed by atoms with Crippen LogP contribution < -0.4 is 5.32 Å². The van der Waals surface area contributed by atoms with E-state index in [0.717, 1.165) is 11.0 Å². The molecule has 0 saturated carbocycles. The molecular formula is C15H17N5O3. The molecule has 3 rings (SSSR count). The minimum atomic E-state index is -0.312. The predicted molar refractivity (Wildman–Crippen MR) is 83.7 cm³/mol. The van der Waals surface area contributed by atoms with Crippen LogP contribution in [0.25, 0.3) is 11.0 Å². The number of aromatic amines is 1. The Kier molecular flexibility index (Phi) is 3.96. The van der Waals surface area contributed by atoms with Crippen LogP contribution in [0.5, 0.6) is 0 Å². The summed E-state index contributed by atoms with van der Waals surface area (Å²) < 4.78 is 0. The molecule has 2 aromatic rings. The first-order valence-corrected chi connectivity index (χ1v) is 7.34. The molecule has 2 N–H and O–H groups in total. The average molecular weight is 315 g/mol. The molecule has 2 heterocycles. The monoisotopic (exact) mass is 315 g/mol. The second-order valence-corrected chi connectivity index (χ2v) is 5.44. The van der Waals surface area contributed by atoms with Gasteiger partial charge in [0, 0.05) is 20.0 Å². The molecule has 0 unspecified atom stereocenters. The number of anilines is 1. The molecule has 1 aromatic carbocycles. The topological polar surface area (TPSA) is 98.4 Å². The number of nitrogens with one attached hydrogen (secondary N) is 2. The summed E-state index contributed by atoms with van der Waals surface area (Å²) in [6.07, 6.45) is 0.620. The number of aromatic nitrogens is 2. The largest absolute Gasteiger partial charge is 0.326 e. The Bertz CT molecular complexity index is 736. The van der Waals surface area contributed by atoms with Crippen LogP contribution in [0.15, 0.2) is 24.3 Å². The first-order chi connectivity index (χ1) is 11.0. The SMILES string of the molecule is CN1CC(=O)N(CCCC(=O)Nc2nc3ccccc3[nH]2)C1=O. The Morgan fingerprint density at radius 2 is 2.13 bits per heavy atom. The fourth-order valence-corrected chi connectivity index (χ4v) is 2.49. The molecule has 1 aliphatic heterocycles. The second kappa shape index (κ2) is 6.07. The third-order valence-electron chi connectivity index (χ3n) is 3.66. The van der Waals surface area contributed by atoms with Gasteiger partial charge in [0.25, 0.3) is 0 Å². The van der Waals surface area contributed by atoms with Gasteiger partial charge in [-0.05, 0) is 18.6 Å². The first-order valence-electron chi connectivity index (χ1n) is 7.34. The highest BCUT2D eigenvalue weighted by atomic mass is 16.2. The highest BCUT2D eigenvalue weighted by Crippen LogP contribution is 2.14. The lowest BCUT2D eigenvalue weighted by Gasteiger charge is -2.13. The zero-order valence-corrected chi connectivity index (χ0v) is 12.7. The van der Waals surface area contributed by atoms with Crippen LogP contribution in [0.3, 0.4) is 0 Å². The lowest BCUT2D eigenvalue weighted by Crippen LogP contribution is -2.32. The van der Waals surface area contributed by atoms with Crippen molar-refractivity contribution in [2.75, 3.05) is 25.5 Å². The maximum atomic E-state index is 11.9. The lowest BCUT2D eigenvalue weighted by molar-refractivity contribution is -0.125. The maximum absolute atomic E-state index is 11.9. The van der Waals surface area contributed by atoms with Crippen molar-refractivity contribution in [1.29, 1.82) is 0 Å². The molecule has 4 amide bonds. The molecule has 0 aliphatic carbocycles. The Balaban J connectivity index is 1.50. The minimum absolute atomic E-state index is 0.101. The van der Waals surface area contributed by atoms with Gasteiger partial charge in [-0.1, -0.05) is 12.1 Å². The van der Waals surface area contributed by atoms with Gasteiger partial charge in [0.05, 0.1) is 11.0 Å². The summed E-state index contributed by atoms with van der Waals surface area (Å²) in [6, 6.07) is 7.16. The summed E-state index contributed by atoms with van der Waals surface area (Å²) in [4.78, 5) is 45.0. The number of H-pyrrole nitrogens is 1. The zero-order valence-electron chi connectivity index (χ0n) is 12.7. The average Bonchev–Trinajstić information content (AvgIpc) is 3.02. The molecular weight excluding hydrogens is 298 g/mol. The van der Waals surface area contributed by atoms with E-state index in [0.29, 0.717) is 12.4 Å². The number of nitrogens with zero attached hydrogens (tertiary/aromatic N) is 3. The number of hydrogen-bond donors (Lipinski definition) is 2. The maximum Gasteiger partial charge on any atom is 0.326 e. The van der Waals surface area contributed by atoms with Crippen molar-refractivity contribution in [3.63, 3.8) is 0 Å². The molecule has 120 valence electrons. The van der Waals surface area contributed by atoms with E-state index in [9.17, 15) is 14.4 Å². The fourth-order valence-electron chi connectivity index (χ4n) is 2.49. The van der Waals surface area contributed by atoms with E-state index in [1.54, 1.807) is 7.05 Å². The first kappa shape index (κ1) is 15.0. The number of rotatable bonds is 5. The van der Waals surface area contributed by atoms with Crippen LogP contribution in [0, 0.1) is 0 Å². The molecule has 8 nitrogen and oxygen atoms in total. The number of benzene rings is 1. The van der Waals surface area contributed by atoms with Crippen LogP contribution in [0.2, 0.25) is 0 Å². The van der Waals surface area contributed by atoms with Gasteiger partial charge in [-0.25, -0.2) is 9.78 Å². The number of para-hydroxylation sites is 2. The number of amides is 4. The van der Waals surface area contributed by atoms with E-state index in [1.807, 2.05) is 24.3 Å². The summed E-state index contributed by atoms with van der Waals surface area (Å²) in [6.45, 7) is 0.347. The minimum Gasteiger partial charge on any atom is -0.324 e. The molecule has 8 heteroatoms. The highest BCUT2D eigenvalue weighted by Gasteiger charge is 2.32. The summed E-state index contributed by atoms with van der Waals surface area (Å²) in [5.41, 5.74) is 1.62. The van der Waals surface area contributed by atoms with Crippen molar-refractivity contribution in [2.24, 2.45) is 0 Å². The number of imidazole rings is 1. The van der Waals surface area contributed by atoms with Crippen molar-refractivity contribution in [3.8, 4) is 0 Å². The Morgan fingerprint density at radius 3 is 2.83 bits per heavy atom. The van der Waals surface area contributed by atoms with Crippen LogP contribution >= 0.6 is 0 Å². The lowest BCUT2D eigenvalue weighted by atomic mass is 10.3. The predicted octanol–water partition coefficient (Wildman–Crippen LogP) is 1.18. The van der Waals surface area contributed by atoms with Crippen molar-refractivity contribution < 1.29 is 14.4 Å². The summed E-state index contributed by atoms with van der Waals surface area (Å²) >= 11 is 0. The number of likely N-dealkylation sites (N-methyl/N-ethyl adjacent to an activating group) is 1. The Morgan fingerprint density at radius 1 is 1.35 bits per heavy atom. The van der Waals surface area contributed by atoms with Crippen LogP contribution in [0.4, 0.5) is 10.7 Å².